The number of sulfonamides is 1. The second-order valence-corrected chi connectivity index (χ2v) is 9.00. The second kappa shape index (κ2) is 9.10. The Morgan fingerprint density at radius 2 is 1.75 bits per heavy atom. The summed E-state index contributed by atoms with van der Waals surface area (Å²) in [5.41, 5.74) is 1.32. The van der Waals surface area contributed by atoms with Crippen LogP contribution in [0.1, 0.15) is 49.5 Å². The first-order valence-corrected chi connectivity index (χ1v) is 10.7. The maximum atomic E-state index is 12.9. The lowest BCUT2D eigenvalue weighted by molar-refractivity contribution is 0.0950. The van der Waals surface area contributed by atoms with Crippen molar-refractivity contribution >= 4 is 21.6 Å². The Hall–Kier alpha value is -2.54. The Balaban J connectivity index is 2.35. The number of hydrogen-bond acceptors (Lipinski definition) is 4. The molecule has 2 aromatic rings. The molecule has 0 fully saturated rings. The maximum absolute atomic E-state index is 12.9. The molecule has 0 aliphatic rings. The largest absolute Gasteiger partial charge is 0.496 e. The number of benzene rings is 2. The summed E-state index contributed by atoms with van der Waals surface area (Å²) in [7, 11) is -2.31. The van der Waals surface area contributed by atoms with Crippen LogP contribution in [0.15, 0.2) is 47.4 Å². The van der Waals surface area contributed by atoms with Gasteiger partial charge in [0, 0.05) is 6.54 Å². The zero-order valence-corrected chi connectivity index (χ0v) is 17.8. The average molecular weight is 405 g/mol. The fraction of sp³-hybridized carbons (Fsp3) is 0.381. The normalized spacial score (nSPS) is 11.5. The highest BCUT2D eigenvalue weighted by Gasteiger charge is 2.21. The third-order valence-electron chi connectivity index (χ3n) is 4.22. The van der Waals surface area contributed by atoms with Crippen molar-refractivity contribution in [2.75, 3.05) is 18.4 Å². The molecule has 7 heteroatoms. The zero-order chi connectivity index (χ0) is 20.9. The first kappa shape index (κ1) is 21.8. The summed E-state index contributed by atoms with van der Waals surface area (Å²) in [4.78, 5) is 12.6. The summed E-state index contributed by atoms with van der Waals surface area (Å²) in [5.74, 6) is 0.716. The second-order valence-electron chi connectivity index (χ2n) is 7.31. The highest BCUT2D eigenvalue weighted by atomic mass is 32.2. The Kier molecular flexibility index (Phi) is 7.07. The van der Waals surface area contributed by atoms with Crippen LogP contribution in [0, 0.1) is 5.92 Å². The SMILES string of the molecule is COc1ccc(S(=O)(=O)Nc2ccccc2C(=O)NCC(C)C)cc1C(C)C. The average Bonchev–Trinajstić information content (AvgIpc) is 2.65. The van der Waals surface area contributed by atoms with E-state index in [1.54, 1.807) is 43.5 Å². The van der Waals surface area contributed by atoms with E-state index in [1.165, 1.54) is 6.07 Å². The molecule has 0 atom stereocenters. The molecule has 0 unspecified atom stereocenters. The van der Waals surface area contributed by atoms with Gasteiger partial charge in [-0.05, 0) is 47.7 Å². The number of carbonyl (C=O) groups excluding carboxylic acids is 1. The van der Waals surface area contributed by atoms with Crippen molar-refractivity contribution in [2.45, 2.75) is 38.5 Å². The summed E-state index contributed by atoms with van der Waals surface area (Å²) in [6, 6.07) is 11.3. The van der Waals surface area contributed by atoms with Crippen molar-refractivity contribution in [3.8, 4) is 5.75 Å². The third kappa shape index (κ3) is 5.25. The molecule has 2 N–H and O–H groups in total. The van der Waals surface area contributed by atoms with Gasteiger partial charge in [0.15, 0.2) is 0 Å². The summed E-state index contributed by atoms with van der Waals surface area (Å²) >= 11 is 0. The number of hydrogen-bond donors (Lipinski definition) is 2. The van der Waals surface area contributed by atoms with Crippen LogP contribution in [0.2, 0.25) is 0 Å². The summed E-state index contributed by atoms with van der Waals surface area (Å²) in [6.45, 7) is 8.43. The van der Waals surface area contributed by atoms with Gasteiger partial charge in [0.1, 0.15) is 5.75 Å². The summed E-state index contributed by atoms with van der Waals surface area (Å²) in [6.07, 6.45) is 0. The zero-order valence-electron chi connectivity index (χ0n) is 16.9. The molecule has 2 aromatic carbocycles. The molecule has 1 amide bonds. The van der Waals surface area contributed by atoms with Crippen molar-refractivity contribution in [3.05, 3.63) is 53.6 Å². The van der Waals surface area contributed by atoms with Crippen molar-refractivity contribution in [1.29, 1.82) is 0 Å². The minimum absolute atomic E-state index is 0.0965. The first-order chi connectivity index (χ1) is 13.2. The van der Waals surface area contributed by atoms with E-state index < -0.39 is 10.0 Å². The fourth-order valence-electron chi connectivity index (χ4n) is 2.70. The molecular weight excluding hydrogens is 376 g/mol. The van der Waals surface area contributed by atoms with E-state index in [9.17, 15) is 13.2 Å². The van der Waals surface area contributed by atoms with Crippen LogP contribution < -0.4 is 14.8 Å². The third-order valence-corrected chi connectivity index (χ3v) is 5.58. The molecule has 0 saturated carbocycles. The van der Waals surface area contributed by atoms with Gasteiger partial charge in [0.25, 0.3) is 15.9 Å². The van der Waals surface area contributed by atoms with Gasteiger partial charge in [0.2, 0.25) is 0 Å². The number of para-hydroxylation sites is 1. The van der Waals surface area contributed by atoms with Crippen LogP contribution in [0.3, 0.4) is 0 Å². The summed E-state index contributed by atoms with van der Waals surface area (Å²) < 4.78 is 33.7. The van der Waals surface area contributed by atoms with Gasteiger partial charge in [-0.2, -0.15) is 0 Å². The molecule has 0 aromatic heterocycles. The molecule has 2 rings (SSSR count). The van der Waals surface area contributed by atoms with Crippen molar-refractivity contribution < 1.29 is 17.9 Å². The van der Waals surface area contributed by atoms with Crippen LogP contribution in [0.5, 0.6) is 5.75 Å². The molecule has 0 aliphatic heterocycles. The van der Waals surface area contributed by atoms with Crippen molar-refractivity contribution in [2.24, 2.45) is 5.92 Å². The number of methoxy groups -OCH3 is 1. The minimum atomic E-state index is -3.87. The number of ether oxygens (including phenoxy) is 1. The van der Waals surface area contributed by atoms with Crippen LogP contribution in [-0.4, -0.2) is 28.0 Å². The van der Waals surface area contributed by atoms with Crippen molar-refractivity contribution in [1.82, 2.24) is 5.32 Å². The Labute approximate surface area is 167 Å². The first-order valence-electron chi connectivity index (χ1n) is 9.23. The summed E-state index contributed by atoms with van der Waals surface area (Å²) in [5, 5.41) is 2.81. The van der Waals surface area contributed by atoms with Gasteiger partial charge in [-0.3, -0.25) is 9.52 Å². The number of anilines is 1. The van der Waals surface area contributed by atoms with Crippen LogP contribution in [0.25, 0.3) is 0 Å². The van der Waals surface area contributed by atoms with E-state index in [-0.39, 0.29) is 28.0 Å². The Morgan fingerprint density at radius 3 is 2.36 bits per heavy atom. The molecule has 0 radical (unpaired) electrons. The Bertz CT molecular complexity index is 937. The lowest BCUT2D eigenvalue weighted by Crippen LogP contribution is -2.28. The molecule has 0 aliphatic carbocycles. The van der Waals surface area contributed by atoms with E-state index >= 15 is 0 Å². The quantitative estimate of drug-likeness (QED) is 0.696. The molecular formula is C21H28N2O4S. The molecule has 0 spiro atoms. The number of carbonyl (C=O) groups is 1. The molecule has 6 nitrogen and oxygen atoms in total. The predicted molar refractivity (Wildman–Crippen MR) is 112 cm³/mol. The van der Waals surface area contributed by atoms with Gasteiger partial charge in [0.05, 0.1) is 23.3 Å². The van der Waals surface area contributed by atoms with E-state index in [2.05, 4.69) is 10.0 Å². The maximum Gasteiger partial charge on any atom is 0.261 e. The fourth-order valence-corrected chi connectivity index (χ4v) is 3.81. The van der Waals surface area contributed by atoms with E-state index in [4.69, 9.17) is 4.74 Å². The Morgan fingerprint density at radius 1 is 1.07 bits per heavy atom. The molecule has 0 saturated heterocycles. The van der Waals surface area contributed by atoms with Crippen LogP contribution >= 0.6 is 0 Å². The number of nitrogens with one attached hydrogen (secondary N) is 2. The molecule has 0 bridgehead atoms. The highest BCUT2D eigenvalue weighted by Crippen LogP contribution is 2.30. The van der Waals surface area contributed by atoms with E-state index in [0.29, 0.717) is 18.2 Å². The number of rotatable bonds is 8. The topological polar surface area (TPSA) is 84.5 Å². The van der Waals surface area contributed by atoms with Gasteiger partial charge < -0.3 is 10.1 Å². The monoisotopic (exact) mass is 404 g/mol. The van der Waals surface area contributed by atoms with Crippen LogP contribution in [-0.2, 0) is 10.0 Å². The minimum Gasteiger partial charge on any atom is -0.496 e. The lowest BCUT2D eigenvalue weighted by atomic mass is 10.0. The molecule has 28 heavy (non-hydrogen) atoms. The van der Waals surface area contributed by atoms with Gasteiger partial charge in [-0.25, -0.2) is 8.42 Å². The van der Waals surface area contributed by atoms with Gasteiger partial charge in [-0.1, -0.05) is 39.8 Å². The van der Waals surface area contributed by atoms with Crippen molar-refractivity contribution in [3.63, 3.8) is 0 Å². The van der Waals surface area contributed by atoms with Gasteiger partial charge >= 0.3 is 0 Å². The van der Waals surface area contributed by atoms with Gasteiger partial charge in [-0.15, -0.1) is 0 Å². The standard InChI is InChI=1S/C21H28N2O4S/c1-14(2)13-22-21(24)17-8-6-7-9-19(17)23-28(25,26)16-10-11-20(27-5)18(12-16)15(3)4/h6-12,14-15,23H,13H2,1-5H3,(H,22,24). The van der Waals surface area contributed by atoms with E-state index in [1.807, 2.05) is 27.7 Å². The smallest absolute Gasteiger partial charge is 0.261 e. The van der Waals surface area contributed by atoms with Crippen LogP contribution in [0.4, 0.5) is 5.69 Å². The lowest BCUT2D eigenvalue weighted by Gasteiger charge is -2.16. The molecule has 0 heterocycles. The molecule has 152 valence electrons. The number of amides is 1. The highest BCUT2D eigenvalue weighted by molar-refractivity contribution is 7.92. The van der Waals surface area contributed by atoms with E-state index in [0.717, 1.165) is 5.56 Å². The predicted octanol–water partition coefficient (Wildman–Crippen LogP) is 4.01.